The zero-order chi connectivity index (χ0) is 20.5. The average Bonchev–Trinajstić information content (AvgIpc) is 3.22. The monoisotopic (exact) mass is 402 g/mol. The van der Waals surface area contributed by atoms with Gasteiger partial charge in [-0.15, -0.1) is 0 Å². The maximum atomic E-state index is 6.02. The highest BCUT2D eigenvalue weighted by molar-refractivity contribution is 5.79. The summed E-state index contributed by atoms with van der Waals surface area (Å²) in [4.78, 5) is 7.01. The summed E-state index contributed by atoms with van der Waals surface area (Å²) in [5, 5.41) is 7.10. The molecule has 3 atom stereocenters. The quantitative estimate of drug-likeness (QED) is 0.517. The fraction of sp³-hybridized carbons (Fsp3) is 0.696. The number of benzene rings is 1. The number of nitrogens with zero attached hydrogens (tertiary/aromatic N) is 2. The Morgan fingerprint density at radius 2 is 1.90 bits per heavy atom. The molecule has 6 nitrogen and oxygen atoms in total. The number of hydrogen-bond acceptors (Lipinski definition) is 4. The Bertz CT molecular complexity index is 617. The van der Waals surface area contributed by atoms with Gasteiger partial charge >= 0.3 is 0 Å². The maximum Gasteiger partial charge on any atom is 0.191 e. The molecule has 2 N–H and O–H groups in total. The van der Waals surface area contributed by atoms with Crippen LogP contribution < -0.4 is 10.6 Å². The first-order valence-electron chi connectivity index (χ1n) is 11.1. The van der Waals surface area contributed by atoms with E-state index in [1.54, 1.807) is 0 Å². The number of ether oxygens (including phenoxy) is 2. The Hall–Kier alpha value is -1.63. The fourth-order valence-corrected chi connectivity index (χ4v) is 4.37. The van der Waals surface area contributed by atoms with Crippen LogP contribution in [-0.2, 0) is 9.47 Å². The smallest absolute Gasteiger partial charge is 0.191 e. The molecule has 1 aromatic carbocycles. The van der Waals surface area contributed by atoms with E-state index in [1.807, 2.05) is 7.05 Å². The molecule has 2 saturated heterocycles. The van der Waals surface area contributed by atoms with Gasteiger partial charge in [-0.05, 0) is 24.3 Å². The number of aliphatic imine (C=N–C) groups is 1. The van der Waals surface area contributed by atoms with E-state index in [0.717, 1.165) is 58.4 Å². The summed E-state index contributed by atoms with van der Waals surface area (Å²) >= 11 is 0. The molecule has 0 aromatic heterocycles. The first-order valence-corrected chi connectivity index (χ1v) is 11.1. The summed E-state index contributed by atoms with van der Waals surface area (Å²) < 4.78 is 11.6. The van der Waals surface area contributed by atoms with Gasteiger partial charge in [0, 0.05) is 51.8 Å². The summed E-state index contributed by atoms with van der Waals surface area (Å²) in [6.07, 6.45) is 2.42. The van der Waals surface area contributed by atoms with E-state index in [1.165, 1.54) is 12.0 Å². The van der Waals surface area contributed by atoms with Crippen molar-refractivity contribution in [3.05, 3.63) is 35.9 Å². The normalized spacial score (nSPS) is 24.6. The number of guanidine groups is 1. The van der Waals surface area contributed by atoms with Crippen LogP contribution in [0.5, 0.6) is 0 Å². The van der Waals surface area contributed by atoms with E-state index < -0.39 is 0 Å². The Morgan fingerprint density at radius 1 is 1.14 bits per heavy atom. The largest absolute Gasteiger partial charge is 0.379 e. The molecule has 2 fully saturated rings. The van der Waals surface area contributed by atoms with Crippen LogP contribution in [-0.4, -0.2) is 69.9 Å². The Kier molecular flexibility index (Phi) is 8.77. The van der Waals surface area contributed by atoms with Gasteiger partial charge in [0.15, 0.2) is 5.96 Å². The fourth-order valence-electron chi connectivity index (χ4n) is 4.37. The Balaban J connectivity index is 1.50. The van der Waals surface area contributed by atoms with Gasteiger partial charge in [0.05, 0.1) is 19.3 Å². The van der Waals surface area contributed by atoms with Crippen LogP contribution in [0.25, 0.3) is 0 Å². The van der Waals surface area contributed by atoms with Crippen molar-refractivity contribution >= 4 is 5.96 Å². The van der Waals surface area contributed by atoms with Crippen molar-refractivity contribution in [1.29, 1.82) is 0 Å². The van der Waals surface area contributed by atoms with Crippen LogP contribution in [0.3, 0.4) is 0 Å². The average molecular weight is 403 g/mol. The molecule has 29 heavy (non-hydrogen) atoms. The van der Waals surface area contributed by atoms with Crippen molar-refractivity contribution in [3.63, 3.8) is 0 Å². The predicted octanol–water partition coefficient (Wildman–Crippen LogP) is 2.68. The van der Waals surface area contributed by atoms with Gasteiger partial charge in [0.2, 0.25) is 0 Å². The summed E-state index contributed by atoms with van der Waals surface area (Å²) in [5.74, 6) is 2.01. The molecule has 0 bridgehead atoms. The highest BCUT2D eigenvalue weighted by Crippen LogP contribution is 2.33. The molecule has 162 valence electrons. The van der Waals surface area contributed by atoms with E-state index in [9.17, 15) is 0 Å². The van der Waals surface area contributed by atoms with Crippen molar-refractivity contribution in [2.24, 2.45) is 16.8 Å². The first kappa shape index (κ1) is 22.1. The van der Waals surface area contributed by atoms with Crippen molar-refractivity contribution < 1.29 is 9.47 Å². The lowest BCUT2D eigenvalue weighted by Gasteiger charge is -2.35. The molecule has 3 unspecified atom stereocenters. The van der Waals surface area contributed by atoms with Crippen molar-refractivity contribution in [1.82, 2.24) is 15.5 Å². The highest BCUT2D eigenvalue weighted by Gasteiger charge is 2.29. The van der Waals surface area contributed by atoms with Gasteiger partial charge in [-0.3, -0.25) is 9.89 Å². The third-order valence-electron chi connectivity index (χ3n) is 5.91. The van der Waals surface area contributed by atoms with Gasteiger partial charge < -0.3 is 20.1 Å². The van der Waals surface area contributed by atoms with Crippen molar-refractivity contribution in [2.75, 3.05) is 53.0 Å². The second-order valence-corrected chi connectivity index (χ2v) is 8.52. The van der Waals surface area contributed by atoms with E-state index in [2.05, 4.69) is 64.7 Å². The van der Waals surface area contributed by atoms with E-state index in [-0.39, 0.29) is 6.10 Å². The molecular weight excluding hydrogens is 364 g/mol. The van der Waals surface area contributed by atoms with Gasteiger partial charge in [-0.1, -0.05) is 44.2 Å². The number of morpholine rings is 1. The van der Waals surface area contributed by atoms with Crippen LogP contribution in [0.4, 0.5) is 0 Å². The summed E-state index contributed by atoms with van der Waals surface area (Å²) in [6, 6.07) is 11.1. The lowest BCUT2D eigenvalue weighted by Crippen LogP contribution is -2.51. The molecule has 0 amide bonds. The van der Waals surface area contributed by atoms with Gasteiger partial charge in [0.1, 0.15) is 0 Å². The SMILES string of the molecule is CN=C(NCC1CCOC1c1ccccc1)NCC(CC(C)C)N1CCOCC1. The molecule has 0 aliphatic carbocycles. The van der Waals surface area contributed by atoms with Crippen LogP contribution in [0.1, 0.15) is 38.4 Å². The molecule has 6 heteroatoms. The third-order valence-corrected chi connectivity index (χ3v) is 5.91. The number of rotatable bonds is 8. The van der Waals surface area contributed by atoms with E-state index >= 15 is 0 Å². The lowest BCUT2D eigenvalue weighted by atomic mass is 9.95. The molecule has 0 saturated carbocycles. The van der Waals surface area contributed by atoms with Gasteiger partial charge in [0.25, 0.3) is 0 Å². The summed E-state index contributed by atoms with van der Waals surface area (Å²) in [5.41, 5.74) is 1.27. The third kappa shape index (κ3) is 6.69. The predicted molar refractivity (Wildman–Crippen MR) is 118 cm³/mol. The topological polar surface area (TPSA) is 58.1 Å². The molecule has 1 aromatic rings. The molecular formula is C23H38N4O2. The van der Waals surface area contributed by atoms with E-state index in [4.69, 9.17) is 9.47 Å². The van der Waals surface area contributed by atoms with Crippen LogP contribution in [0, 0.1) is 11.8 Å². The molecule has 2 aliphatic heterocycles. The zero-order valence-electron chi connectivity index (χ0n) is 18.3. The molecule has 0 spiro atoms. The van der Waals surface area contributed by atoms with E-state index in [0.29, 0.717) is 17.9 Å². The molecule has 0 radical (unpaired) electrons. The minimum absolute atomic E-state index is 0.170. The second kappa shape index (κ2) is 11.5. The number of nitrogens with one attached hydrogen (secondary N) is 2. The summed E-state index contributed by atoms with van der Waals surface area (Å²) in [6.45, 7) is 10.9. The molecule has 3 rings (SSSR count). The highest BCUT2D eigenvalue weighted by atomic mass is 16.5. The van der Waals surface area contributed by atoms with Gasteiger partial charge in [-0.25, -0.2) is 0 Å². The van der Waals surface area contributed by atoms with Crippen LogP contribution >= 0.6 is 0 Å². The Labute approximate surface area is 176 Å². The number of hydrogen-bond donors (Lipinski definition) is 2. The summed E-state index contributed by atoms with van der Waals surface area (Å²) in [7, 11) is 1.85. The van der Waals surface area contributed by atoms with Crippen molar-refractivity contribution in [2.45, 2.75) is 38.8 Å². The van der Waals surface area contributed by atoms with Crippen LogP contribution in [0.2, 0.25) is 0 Å². The molecule has 2 aliphatic rings. The minimum atomic E-state index is 0.170. The molecule has 2 heterocycles. The minimum Gasteiger partial charge on any atom is -0.379 e. The van der Waals surface area contributed by atoms with Crippen molar-refractivity contribution in [3.8, 4) is 0 Å². The Morgan fingerprint density at radius 3 is 2.59 bits per heavy atom. The second-order valence-electron chi connectivity index (χ2n) is 8.52. The maximum absolute atomic E-state index is 6.02. The van der Waals surface area contributed by atoms with Gasteiger partial charge in [-0.2, -0.15) is 0 Å². The standard InChI is InChI=1S/C23H38N4O2/c1-18(2)15-21(27-10-13-28-14-11-27)17-26-23(24-3)25-16-20-9-12-29-22(20)19-7-5-4-6-8-19/h4-8,18,20-22H,9-17H2,1-3H3,(H2,24,25,26). The first-order chi connectivity index (χ1) is 14.2. The van der Waals surface area contributed by atoms with Crippen LogP contribution in [0.15, 0.2) is 35.3 Å². The zero-order valence-corrected chi connectivity index (χ0v) is 18.3. The lowest BCUT2D eigenvalue weighted by molar-refractivity contribution is 0.0132.